The molecule has 3 aliphatic rings. The number of halogens is 1. The minimum absolute atomic E-state index is 0.0611. The highest BCUT2D eigenvalue weighted by Crippen LogP contribution is 2.41. The fraction of sp³-hybridized carbons (Fsp3) is 0.343. The Labute approximate surface area is 275 Å². The van der Waals surface area contributed by atoms with Gasteiger partial charge in [0, 0.05) is 43.8 Å². The van der Waals surface area contributed by atoms with Gasteiger partial charge in [0.05, 0.1) is 35.4 Å². The third-order valence-electron chi connectivity index (χ3n) is 8.69. The van der Waals surface area contributed by atoms with Crippen LogP contribution in [0.1, 0.15) is 66.7 Å². The second kappa shape index (κ2) is 11.7. The normalized spacial score (nSPS) is 17.9. The molecular formula is C35H36FN7O5. The Hall–Kier alpha value is -5.30. The van der Waals surface area contributed by atoms with Crippen molar-refractivity contribution in [3.63, 3.8) is 0 Å². The Morgan fingerprint density at radius 1 is 1.17 bits per heavy atom. The number of rotatable bonds is 6. The van der Waals surface area contributed by atoms with Gasteiger partial charge < -0.3 is 25.0 Å². The Morgan fingerprint density at radius 3 is 2.69 bits per heavy atom. The second-order valence-electron chi connectivity index (χ2n) is 13.4. The van der Waals surface area contributed by atoms with E-state index in [-0.39, 0.29) is 16.8 Å². The number of ether oxygens (including phenoxy) is 1. The molecular weight excluding hydrogens is 617 g/mol. The molecule has 3 aromatic heterocycles. The van der Waals surface area contributed by atoms with Crippen LogP contribution in [0.25, 0.3) is 22.2 Å². The minimum Gasteiger partial charge on any atom is -0.444 e. The number of pyridine rings is 2. The molecule has 1 atom stereocenters. The number of aliphatic hydroxyl groups is 1. The zero-order valence-electron chi connectivity index (χ0n) is 27.1. The number of nitrogens with zero attached hydrogens (tertiary/aromatic N) is 6. The summed E-state index contributed by atoms with van der Waals surface area (Å²) < 4.78 is 23.8. The van der Waals surface area contributed by atoms with E-state index in [2.05, 4.69) is 15.4 Å². The predicted molar refractivity (Wildman–Crippen MR) is 177 cm³/mol. The van der Waals surface area contributed by atoms with Crippen molar-refractivity contribution >= 4 is 34.5 Å². The number of likely N-dealkylation sites (N-methyl/N-ethyl adjacent to an activating group) is 1. The maximum Gasteiger partial charge on any atom is 0.410 e. The van der Waals surface area contributed by atoms with Gasteiger partial charge in [0.2, 0.25) is 0 Å². The zero-order chi connectivity index (χ0) is 33.9. The molecule has 2 N–H and O–H groups in total. The minimum atomic E-state index is -1.06. The number of hydrogen-bond donors (Lipinski definition) is 2. The molecule has 0 radical (unpaired) electrons. The molecule has 248 valence electrons. The number of benzene rings is 1. The third-order valence-corrected chi connectivity index (χ3v) is 8.69. The van der Waals surface area contributed by atoms with Crippen molar-refractivity contribution in [2.75, 3.05) is 18.9 Å². The van der Waals surface area contributed by atoms with Gasteiger partial charge in [-0.1, -0.05) is 6.07 Å². The van der Waals surface area contributed by atoms with Gasteiger partial charge in [-0.15, -0.1) is 0 Å². The van der Waals surface area contributed by atoms with Gasteiger partial charge in [-0.2, -0.15) is 5.10 Å². The number of hydrogen-bond acceptors (Lipinski definition) is 9. The highest BCUT2D eigenvalue weighted by molar-refractivity contribution is 5.92. The predicted octanol–water partition coefficient (Wildman–Crippen LogP) is 4.76. The monoisotopic (exact) mass is 653 g/mol. The fourth-order valence-electron chi connectivity index (χ4n) is 6.19. The first kappa shape index (κ1) is 31.3. The van der Waals surface area contributed by atoms with Gasteiger partial charge in [-0.05, 0) is 80.3 Å². The summed E-state index contributed by atoms with van der Waals surface area (Å²) in [6.07, 6.45) is 7.55. The number of amides is 1. The van der Waals surface area contributed by atoms with Crippen LogP contribution in [0.2, 0.25) is 0 Å². The first-order valence-electron chi connectivity index (χ1n) is 15.8. The van der Waals surface area contributed by atoms with E-state index in [1.807, 2.05) is 32.9 Å². The Bertz CT molecular complexity index is 2090. The number of allylic oxidation sites excluding steroid dienone is 2. The van der Waals surface area contributed by atoms with E-state index in [0.29, 0.717) is 59.9 Å². The van der Waals surface area contributed by atoms with Gasteiger partial charge in [0.15, 0.2) is 24.1 Å². The lowest BCUT2D eigenvalue weighted by atomic mass is 9.98. The molecule has 1 amide bonds. The molecule has 1 unspecified atom stereocenters. The largest absolute Gasteiger partial charge is 0.444 e. The molecule has 1 aromatic carbocycles. The number of nitrogens with one attached hydrogen (secondary N) is 1. The lowest BCUT2D eigenvalue weighted by Crippen LogP contribution is -2.41. The average Bonchev–Trinajstić information content (AvgIpc) is 3.81. The highest BCUT2D eigenvalue weighted by Gasteiger charge is 2.29. The Balaban J connectivity index is 1.19. The average molecular weight is 654 g/mol. The van der Waals surface area contributed by atoms with Gasteiger partial charge in [0.25, 0.3) is 5.56 Å². The van der Waals surface area contributed by atoms with Crippen LogP contribution < -0.4 is 10.9 Å². The maximum absolute atomic E-state index is 15.2. The molecule has 0 saturated heterocycles. The van der Waals surface area contributed by atoms with Crippen molar-refractivity contribution in [1.82, 2.24) is 29.1 Å². The Morgan fingerprint density at radius 2 is 1.96 bits per heavy atom. The van der Waals surface area contributed by atoms with E-state index in [4.69, 9.17) is 4.74 Å². The highest BCUT2D eigenvalue weighted by atomic mass is 19.1. The van der Waals surface area contributed by atoms with Crippen molar-refractivity contribution in [3.05, 3.63) is 99.3 Å². The van der Waals surface area contributed by atoms with Crippen LogP contribution in [0.4, 0.5) is 15.0 Å². The maximum atomic E-state index is 15.2. The SMILES string of the molecule is CN1C=C(c2ccnc(-n3ccc4cc(C5CC5)cc(F)c4c3=O)c2C=O)C=C(Nc2cc3n(n2)CCN(C(=O)OC(C)(C)C)C3)C1O. The molecule has 1 fully saturated rings. The number of aliphatic hydroxyl groups excluding tert-OH is 1. The van der Waals surface area contributed by atoms with Crippen molar-refractivity contribution < 1.29 is 23.8 Å². The topological polar surface area (TPSA) is 135 Å². The standard InChI is InChI=1S/C35H36FN7O5/c1-35(2,3)48-34(47)41-11-12-43-24(18-41)16-29(39-43)38-28-15-23(17-40(4)32(28)45)25-7-9-37-31(26(25)19-44)42-10-8-21-13-22(20-5-6-20)14-27(36)30(21)33(42)46/h7-10,13-17,19-20,32,45H,5-6,11-12,18H2,1-4H3,(H,38,39). The molecule has 48 heavy (non-hydrogen) atoms. The van der Waals surface area contributed by atoms with Gasteiger partial charge in [0.1, 0.15) is 11.4 Å². The summed E-state index contributed by atoms with van der Waals surface area (Å²) in [5.74, 6) is 0.263. The van der Waals surface area contributed by atoms with Crippen molar-refractivity contribution in [3.8, 4) is 5.82 Å². The molecule has 0 bridgehead atoms. The van der Waals surface area contributed by atoms with Crippen LogP contribution in [0.15, 0.2) is 65.5 Å². The van der Waals surface area contributed by atoms with E-state index < -0.39 is 29.3 Å². The van der Waals surface area contributed by atoms with Gasteiger partial charge in [-0.3, -0.25) is 18.8 Å². The number of carbonyl (C=O) groups excluding carboxylic acids is 2. The molecule has 0 spiro atoms. The molecule has 1 saturated carbocycles. The second-order valence-corrected chi connectivity index (χ2v) is 13.4. The summed E-state index contributed by atoms with van der Waals surface area (Å²) in [6.45, 7) is 6.70. The third kappa shape index (κ3) is 5.85. The molecule has 13 heteroatoms. The zero-order valence-corrected chi connectivity index (χ0v) is 27.1. The first-order valence-corrected chi connectivity index (χ1v) is 15.8. The summed E-state index contributed by atoms with van der Waals surface area (Å²) in [7, 11) is 1.69. The molecule has 2 aliphatic heterocycles. The van der Waals surface area contributed by atoms with Crippen LogP contribution in [-0.2, 0) is 17.8 Å². The number of aromatic nitrogens is 4. The molecule has 4 aromatic rings. The number of carbonyl (C=O) groups is 2. The fourth-order valence-corrected chi connectivity index (χ4v) is 6.19. The van der Waals surface area contributed by atoms with Gasteiger partial charge >= 0.3 is 6.09 Å². The van der Waals surface area contributed by atoms with E-state index in [0.717, 1.165) is 24.1 Å². The molecule has 5 heterocycles. The number of fused-ring (bicyclic) bond motifs is 2. The number of anilines is 1. The van der Waals surface area contributed by atoms with E-state index in [1.54, 1.807) is 45.9 Å². The molecule has 7 rings (SSSR count). The van der Waals surface area contributed by atoms with Crippen LogP contribution in [0.5, 0.6) is 0 Å². The van der Waals surface area contributed by atoms with E-state index in [9.17, 15) is 19.5 Å². The quantitative estimate of drug-likeness (QED) is 0.283. The summed E-state index contributed by atoms with van der Waals surface area (Å²) in [4.78, 5) is 46.4. The summed E-state index contributed by atoms with van der Waals surface area (Å²) in [6, 6.07) is 8.40. The molecule has 1 aliphatic carbocycles. The van der Waals surface area contributed by atoms with Crippen molar-refractivity contribution in [1.29, 1.82) is 0 Å². The van der Waals surface area contributed by atoms with Crippen LogP contribution >= 0.6 is 0 Å². The van der Waals surface area contributed by atoms with Gasteiger partial charge in [-0.25, -0.2) is 14.2 Å². The lowest BCUT2D eigenvalue weighted by molar-refractivity contribution is 0.0194. The summed E-state index contributed by atoms with van der Waals surface area (Å²) in [5, 5.41) is 19.3. The Kier molecular flexibility index (Phi) is 7.66. The first-order chi connectivity index (χ1) is 22.9. The smallest absolute Gasteiger partial charge is 0.410 e. The van der Waals surface area contributed by atoms with Crippen LogP contribution in [0.3, 0.4) is 0 Å². The summed E-state index contributed by atoms with van der Waals surface area (Å²) in [5.41, 5.74) is 2.00. The lowest BCUT2D eigenvalue weighted by Gasteiger charge is -2.30. The van der Waals surface area contributed by atoms with Crippen LogP contribution in [-0.4, -0.2) is 72.0 Å². The summed E-state index contributed by atoms with van der Waals surface area (Å²) >= 11 is 0. The molecule has 12 nitrogen and oxygen atoms in total. The van der Waals surface area contributed by atoms with Crippen molar-refractivity contribution in [2.24, 2.45) is 0 Å². The number of aldehydes is 1. The van der Waals surface area contributed by atoms with E-state index in [1.165, 1.54) is 23.0 Å². The van der Waals surface area contributed by atoms with Crippen molar-refractivity contribution in [2.45, 2.75) is 64.4 Å². The van der Waals surface area contributed by atoms with E-state index >= 15 is 4.39 Å². The van der Waals surface area contributed by atoms with Crippen LogP contribution in [0, 0.1) is 5.82 Å².